The number of H-pyrrole nitrogens is 1. The van der Waals surface area contributed by atoms with E-state index in [1.165, 1.54) is 0 Å². The quantitative estimate of drug-likeness (QED) is 0.780. The van der Waals surface area contributed by atoms with Crippen LogP contribution in [0.3, 0.4) is 0 Å². The molecule has 6 nitrogen and oxygen atoms in total. The molecule has 6 heteroatoms. The molecule has 0 saturated heterocycles. The first kappa shape index (κ1) is 16.1. The molecule has 0 bridgehead atoms. The first-order valence-corrected chi connectivity index (χ1v) is 8.05. The Hall–Kier alpha value is -3.41. The number of fused-ring (bicyclic) bond motifs is 1. The maximum absolute atomic E-state index is 12.3. The summed E-state index contributed by atoms with van der Waals surface area (Å²) in [6, 6.07) is 14.5. The van der Waals surface area contributed by atoms with Gasteiger partial charge in [0.15, 0.2) is 11.5 Å². The molecule has 1 aliphatic rings. The van der Waals surface area contributed by atoms with E-state index in [1.807, 2.05) is 36.4 Å². The molecule has 1 aromatic heterocycles. The minimum atomic E-state index is -0.208. The van der Waals surface area contributed by atoms with Gasteiger partial charge in [0, 0.05) is 11.6 Å². The summed E-state index contributed by atoms with van der Waals surface area (Å²) in [6.07, 6.45) is 0. The molecule has 2 heterocycles. The zero-order chi connectivity index (χ0) is 18.1. The molecule has 0 fully saturated rings. The van der Waals surface area contributed by atoms with Crippen LogP contribution in [-0.2, 0) is 0 Å². The van der Waals surface area contributed by atoms with Gasteiger partial charge in [-0.15, -0.1) is 0 Å². The van der Waals surface area contributed by atoms with Gasteiger partial charge in [-0.05, 0) is 47.5 Å². The number of benzene rings is 2. The smallest absolute Gasteiger partial charge is 0.249 e. The minimum absolute atomic E-state index is 0.208. The number of hydrogen-bond donors (Lipinski definition) is 1. The maximum Gasteiger partial charge on any atom is 0.249 e. The Morgan fingerprint density at radius 3 is 2.54 bits per heavy atom. The van der Waals surface area contributed by atoms with Gasteiger partial charge in [-0.25, -0.2) is 0 Å². The number of aromatic nitrogens is 1. The summed E-state index contributed by atoms with van der Waals surface area (Å²) in [4.78, 5) is 15.1. The van der Waals surface area contributed by atoms with Gasteiger partial charge >= 0.3 is 0 Å². The Morgan fingerprint density at radius 1 is 0.885 bits per heavy atom. The predicted octanol–water partition coefficient (Wildman–Crippen LogP) is 3.45. The largest absolute Gasteiger partial charge is 0.497 e. The lowest BCUT2D eigenvalue weighted by Gasteiger charge is -2.12. The van der Waals surface area contributed by atoms with Gasteiger partial charge in [0.1, 0.15) is 11.5 Å². The van der Waals surface area contributed by atoms with Crippen molar-refractivity contribution in [1.82, 2.24) is 4.98 Å². The Balaban J connectivity index is 1.84. The predicted molar refractivity (Wildman–Crippen MR) is 97.2 cm³/mol. The van der Waals surface area contributed by atoms with Gasteiger partial charge in [0.2, 0.25) is 12.4 Å². The average Bonchev–Trinajstić information content (AvgIpc) is 3.14. The van der Waals surface area contributed by atoms with Gasteiger partial charge in [-0.3, -0.25) is 4.79 Å². The van der Waals surface area contributed by atoms with Crippen molar-refractivity contribution < 1.29 is 18.9 Å². The van der Waals surface area contributed by atoms with E-state index in [9.17, 15) is 4.79 Å². The Labute approximate surface area is 149 Å². The fourth-order valence-corrected chi connectivity index (χ4v) is 2.96. The fraction of sp³-hybridized carbons (Fsp3) is 0.150. The summed E-state index contributed by atoms with van der Waals surface area (Å²) in [5.74, 6) is 2.69. The third-order valence-corrected chi connectivity index (χ3v) is 4.25. The highest BCUT2D eigenvalue weighted by atomic mass is 16.7. The molecule has 0 saturated carbocycles. The first-order valence-electron chi connectivity index (χ1n) is 8.05. The van der Waals surface area contributed by atoms with Crippen molar-refractivity contribution in [1.29, 1.82) is 0 Å². The van der Waals surface area contributed by atoms with Gasteiger partial charge in [0.05, 0.1) is 19.9 Å². The number of nitrogens with one attached hydrogen (secondary N) is 1. The number of aromatic amines is 1. The van der Waals surface area contributed by atoms with E-state index in [2.05, 4.69) is 4.98 Å². The van der Waals surface area contributed by atoms with E-state index >= 15 is 0 Å². The van der Waals surface area contributed by atoms with Crippen LogP contribution in [0.15, 0.2) is 53.3 Å². The topological polar surface area (TPSA) is 69.8 Å². The Kier molecular flexibility index (Phi) is 4.01. The van der Waals surface area contributed by atoms with Crippen molar-refractivity contribution in [3.63, 3.8) is 0 Å². The van der Waals surface area contributed by atoms with Crippen molar-refractivity contribution in [2.45, 2.75) is 0 Å². The van der Waals surface area contributed by atoms with E-state index in [0.717, 1.165) is 16.7 Å². The van der Waals surface area contributed by atoms with Crippen LogP contribution in [-0.4, -0.2) is 26.0 Å². The van der Waals surface area contributed by atoms with Crippen molar-refractivity contribution in [3.05, 3.63) is 58.9 Å². The van der Waals surface area contributed by atoms with E-state index in [-0.39, 0.29) is 12.4 Å². The molecule has 1 N–H and O–H groups in total. The number of rotatable bonds is 4. The molecule has 0 radical (unpaired) electrons. The zero-order valence-corrected chi connectivity index (χ0v) is 14.4. The number of methoxy groups -OCH3 is 2. The van der Waals surface area contributed by atoms with Gasteiger partial charge < -0.3 is 23.9 Å². The van der Waals surface area contributed by atoms with Gasteiger partial charge in [-0.2, -0.15) is 0 Å². The molecule has 2 aromatic carbocycles. The van der Waals surface area contributed by atoms with Crippen molar-refractivity contribution in [2.75, 3.05) is 21.0 Å². The summed E-state index contributed by atoms with van der Waals surface area (Å²) < 4.78 is 21.5. The first-order chi connectivity index (χ1) is 12.7. The summed E-state index contributed by atoms with van der Waals surface area (Å²) in [5.41, 5.74) is 2.81. The normalized spacial score (nSPS) is 12.1. The van der Waals surface area contributed by atoms with E-state index in [0.29, 0.717) is 28.7 Å². The maximum atomic E-state index is 12.3. The highest BCUT2D eigenvalue weighted by Crippen LogP contribution is 2.37. The number of pyridine rings is 1. The Morgan fingerprint density at radius 2 is 1.73 bits per heavy atom. The molecule has 3 aromatic rings. The number of ether oxygens (including phenoxy) is 4. The van der Waals surface area contributed by atoms with E-state index in [1.54, 1.807) is 26.4 Å². The second-order valence-electron chi connectivity index (χ2n) is 5.78. The van der Waals surface area contributed by atoms with Crippen LogP contribution in [0.25, 0.3) is 22.4 Å². The highest BCUT2D eigenvalue weighted by Gasteiger charge is 2.15. The van der Waals surface area contributed by atoms with Crippen LogP contribution in [0.1, 0.15) is 0 Å². The molecule has 4 rings (SSSR count). The second kappa shape index (κ2) is 6.48. The van der Waals surface area contributed by atoms with Crippen LogP contribution < -0.4 is 24.5 Å². The molecular formula is C20H17NO5. The second-order valence-corrected chi connectivity index (χ2v) is 5.78. The van der Waals surface area contributed by atoms with Crippen LogP contribution in [0, 0.1) is 0 Å². The number of hydrogen-bond acceptors (Lipinski definition) is 5. The monoisotopic (exact) mass is 351 g/mol. The third kappa shape index (κ3) is 2.86. The summed E-state index contributed by atoms with van der Waals surface area (Å²) in [5, 5.41) is 0. The molecule has 0 unspecified atom stereocenters. The van der Waals surface area contributed by atoms with Crippen LogP contribution in [0.5, 0.6) is 23.0 Å². The third-order valence-electron chi connectivity index (χ3n) is 4.25. The lowest BCUT2D eigenvalue weighted by Crippen LogP contribution is -2.06. The van der Waals surface area contributed by atoms with Crippen molar-refractivity contribution in [3.8, 4) is 45.4 Å². The van der Waals surface area contributed by atoms with Gasteiger partial charge in [0.25, 0.3) is 0 Å². The van der Waals surface area contributed by atoms with E-state index in [4.69, 9.17) is 18.9 Å². The molecule has 0 spiro atoms. The zero-order valence-electron chi connectivity index (χ0n) is 14.4. The van der Waals surface area contributed by atoms with Crippen LogP contribution in [0.4, 0.5) is 0 Å². The summed E-state index contributed by atoms with van der Waals surface area (Å²) in [7, 11) is 3.18. The van der Waals surface area contributed by atoms with Crippen LogP contribution >= 0.6 is 0 Å². The minimum Gasteiger partial charge on any atom is -0.497 e. The molecule has 132 valence electrons. The SMILES string of the molecule is COc1ccc(OC)c(-c2cc(-c3ccc4c(c3)OCO4)cc(=O)[nH]2)c1. The molecular weight excluding hydrogens is 334 g/mol. The fourth-order valence-electron chi connectivity index (χ4n) is 2.96. The summed E-state index contributed by atoms with van der Waals surface area (Å²) >= 11 is 0. The average molecular weight is 351 g/mol. The van der Waals surface area contributed by atoms with E-state index < -0.39 is 0 Å². The standard InChI is InChI=1S/C20H17NO5/c1-23-14-4-6-17(24-2)15(10-14)16-7-13(9-20(22)21-16)12-3-5-18-19(8-12)26-11-25-18/h3-10H,11H2,1-2H3,(H,21,22). The summed E-state index contributed by atoms with van der Waals surface area (Å²) in [6.45, 7) is 0.209. The molecule has 0 atom stereocenters. The lowest BCUT2D eigenvalue weighted by molar-refractivity contribution is 0.174. The van der Waals surface area contributed by atoms with Gasteiger partial charge in [-0.1, -0.05) is 6.07 Å². The molecule has 26 heavy (non-hydrogen) atoms. The van der Waals surface area contributed by atoms with Crippen LogP contribution in [0.2, 0.25) is 0 Å². The molecule has 0 aliphatic carbocycles. The highest BCUT2D eigenvalue weighted by molar-refractivity contribution is 5.75. The molecule has 0 amide bonds. The molecule has 1 aliphatic heterocycles. The Bertz CT molecular complexity index is 1020. The lowest BCUT2D eigenvalue weighted by atomic mass is 10.0. The van der Waals surface area contributed by atoms with Crippen molar-refractivity contribution in [2.24, 2.45) is 0 Å². The van der Waals surface area contributed by atoms with Crippen molar-refractivity contribution >= 4 is 0 Å².